The number of carbonyl (C=O) groups excluding carboxylic acids is 1. The van der Waals surface area contributed by atoms with E-state index in [4.69, 9.17) is 11.6 Å². The second-order valence-corrected chi connectivity index (χ2v) is 10.4. The Bertz CT molecular complexity index is 1130. The van der Waals surface area contributed by atoms with Crippen molar-refractivity contribution in [2.75, 3.05) is 10.7 Å². The third-order valence-electron chi connectivity index (χ3n) is 5.84. The van der Waals surface area contributed by atoms with Crippen molar-refractivity contribution in [2.45, 2.75) is 60.0 Å². The van der Waals surface area contributed by atoms with Gasteiger partial charge in [0, 0.05) is 20.9 Å². The summed E-state index contributed by atoms with van der Waals surface area (Å²) in [6.45, 7) is 2.00. The first kappa shape index (κ1) is 20.9. The first-order chi connectivity index (χ1) is 15.1. The number of nitrogens with zero attached hydrogens (tertiary/aromatic N) is 4. The highest BCUT2D eigenvalue weighted by Gasteiger charge is 2.29. The Morgan fingerprint density at radius 3 is 2.71 bits per heavy atom. The summed E-state index contributed by atoms with van der Waals surface area (Å²) in [4.78, 5) is 17.4. The van der Waals surface area contributed by atoms with E-state index in [1.807, 2.05) is 49.4 Å². The smallest absolute Gasteiger partial charge is 0.242 e. The average molecular weight is 471 g/mol. The number of carbonyl (C=O) groups is 1. The molecule has 5 nitrogen and oxygen atoms in total. The number of thioether (sulfide) groups is 1. The first-order valence-corrected chi connectivity index (χ1v) is 12.7. The van der Waals surface area contributed by atoms with Crippen molar-refractivity contribution >= 4 is 52.4 Å². The number of anilines is 2. The van der Waals surface area contributed by atoms with Gasteiger partial charge in [-0.25, -0.2) is 0 Å². The zero-order valence-corrected chi connectivity index (χ0v) is 19.6. The molecular weight excluding hydrogens is 448 g/mol. The molecule has 1 fully saturated rings. The number of para-hydroxylation sites is 1. The third kappa shape index (κ3) is 4.11. The van der Waals surface area contributed by atoms with Gasteiger partial charge in [-0.05, 0) is 50.1 Å². The van der Waals surface area contributed by atoms with Gasteiger partial charge < -0.3 is 4.57 Å². The van der Waals surface area contributed by atoms with E-state index in [1.165, 1.54) is 31.0 Å². The van der Waals surface area contributed by atoms with Crippen LogP contribution in [0, 0.1) is 6.92 Å². The fourth-order valence-electron chi connectivity index (χ4n) is 4.40. The molecule has 0 saturated heterocycles. The SMILES string of the molecule is Cc1nnc(SCC(=O)N2c3ccccc3Sc3ccc(Cl)cc32)n1C1CCCCC1. The van der Waals surface area contributed by atoms with Gasteiger partial charge in [-0.1, -0.05) is 66.5 Å². The van der Waals surface area contributed by atoms with E-state index < -0.39 is 0 Å². The lowest BCUT2D eigenvalue weighted by Gasteiger charge is -2.31. The lowest BCUT2D eigenvalue weighted by molar-refractivity contribution is -0.115. The molecular formula is C23H23ClN4OS2. The van der Waals surface area contributed by atoms with E-state index in [9.17, 15) is 4.79 Å². The van der Waals surface area contributed by atoms with Gasteiger partial charge >= 0.3 is 0 Å². The molecule has 5 rings (SSSR count). The van der Waals surface area contributed by atoms with Crippen molar-refractivity contribution in [3.63, 3.8) is 0 Å². The summed E-state index contributed by atoms with van der Waals surface area (Å²) in [7, 11) is 0. The zero-order valence-electron chi connectivity index (χ0n) is 17.3. The molecule has 31 heavy (non-hydrogen) atoms. The summed E-state index contributed by atoms with van der Waals surface area (Å²) in [6.07, 6.45) is 6.09. The number of benzene rings is 2. The molecule has 1 saturated carbocycles. The molecule has 0 N–H and O–H groups in total. The molecule has 160 valence electrons. The van der Waals surface area contributed by atoms with Crippen molar-refractivity contribution < 1.29 is 4.79 Å². The van der Waals surface area contributed by atoms with Crippen LogP contribution in [-0.4, -0.2) is 26.4 Å². The minimum Gasteiger partial charge on any atom is -0.303 e. The second kappa shape index (κ2) is 8.88. The van der Waals surface area contributed by atoms with Crippen molar-refractivity contribution in [1.82, 2.24) is 14.8 Å². The maximum Gasteiger partial charge on any atom is 0.242 e. The Kier molecular flexibility index (Phi) is 5.99. The molecule has 1 amide bonds. The van der Waals surface area contributed by atoms with Crippen LogP contribution >= 0.6 is 35.1 Å². The lowest BCUT2D eigenvalue weighted by atomic mass is 9.95. The first-order valence-electron chi connectivity index (χ1n) is 10.6. The fraction of sp³-hybridized carbons (Fsp3) is 0.348. The summed E-state index contributed by atoms with van der Waals surface area (Å²) in [5.74, 6) is 1.23. The Balaban J connectivity index is 1.41. The maximum atomic E-state index is 13.5. The Hall–Kier alpha value is -1.96. The molecule has 2 aliphatic rings. The van der Waals surface area contributed by atoms with Gasteiger partial charge in [0.25, 0.3) is 0 Å². The van der Waals surface area contributed by atoms with Crippen LogP contribution in [-0.2, 0) is 4.79 Å². The molecule has 0 atom stereocenters. The van der Waals surface area contributed by atoms with Crippen molar-refractivity contribution in [1.29, 1.82) is 0 Å². The minimum absolute atomic E-state index is 0.0112. The number of fused-ring (bicyclic) bond motifs is 2. The van der Waals surface area contributed by atoms with Gasteiger partial charge in [-0.15, -0.1) is 10.2 Å². The van der Waals surface area contributed by atoms with E-state index in [0.29, 0.717) is 11.1 Å². The molecule has 2 aromatic carbocycles. The number of aromatic nitrogens is 3. The van der Waals surface area contributed by atoms with Gasteiger partial charge in [-0.3, -0.25) is 9.69 Å². The molecule has 8 heteroatoms. The number of aryl methyl sites for hydroxylation is 1. The maximum absolute atomic E-state index is 13.5. The van der Waals surface area contributed by atoms with Crippen LogP contribution < -0.4 is 4.90 Å². The van der Waals surface area contributed by atoms with Crippen LogP contribution in [0.15, 0.2) is 57.4 Å². The molecule has 0 radical (unpaired) electrons. The number of rotatable bonds is 4. The number of amides is 1. The largest absolute Gasteiger partial charge is 0.303 e. The van der Waals surface area contributed by atoms with E-state index in [1.54, 1.807) is 16.7 Å². The topological polar surface area (TPSA) is 51.0 Å². The van der Waals surface area contributed by atoms with E-state index in [2.05, 4.69) is 14.8 Å². The van der Waals surface area contributed by atoms with Gasteiger partial charge in [0.15, 0.2) is 5.16 Å². The minimum atomic E-state index is 0.0112. The van der Waals surface area contributed by atoms with Gasteiger partial charge in [-0.2, -0.15) is 0 Å². The van der Waals surface area contributed by atoms with Crippen LogP contribution in [0.5, 0.6) is 0 Å². The van der Waals surface area contributed by atoms with E-state index >= 15 is 0 Å². The molecule has 2 heterocycles. The molecule has 3 aromatic rings. The van der Waals surface area contributed by atoms with Crippen LogP contribution in [0.1, 0.15) is 44.0 Å². The number of halogens is 1. The van der Waals surface area contributed by atoms with Crippen LogP contribution in [0.3, 0.4) is 0 Å². The summed E-state index contributed by atoms with van der Waals surface area (Å²) in [6, 6.07) is 14.2. The van der Waals surface area contributed by atoms with Crippen LogP contribution in [0.2, 0.25) is 5.02 Å². The monoisotopic (exact) mass is 470 g/mol. The third-order valence-corrected chi connectivity index (χ3v) is 8.13. The van der Waals surface area contributed by atoms with Gasteiger partial charge in [0.2, 0.25) is 5.91 Å². The highest BCUT2D eigenvalue weighted by molar-refractivity contribution is 8.00. The van der Waals surface area contributed by atoms with Crippen LogP contribution in [0.4, 0.5) is 11.4 Å². The number of hydrogen-bond acceptors (Lipinski definition) is 5. The van der Waals surface area contributed by atoms with Crippen molar-refractivity contribution in [3.05, 3.63) is 53.3 Å². The predicted molar refractivity (Wildman–Crippen MR) is 127 cm³/mol. The number of hydrogen-bond donors (Lipinski definition) is 0. The average Bonchev–Trinajstić information content (AvgIpc) is 3.16. The highest BCUT2D eigenvalue weighted by atomic mass is 35.5. The Morgan fingerprint density at radius 2 is 1.87 bits per heavy atom. The Morgan fingerprint density at radius 1 is 1.10 bits per heavy atom. The standard InChI is InChI=1S/C23H23ClN4OS2/c1-15-25-26-23(27(15)17-7-3-2-4-8-17)30-14-22(29)28-18-9-5-6-10-20(18)31-21-12-11-16(24)13-19(21)28/h5-6,9-13,17H,2-4,7-8,14H2,1H3. The molecule has 0 spiro atoms. The van der Waals surface area contributed by atoms with Gasteiger partial charge in [0.05, 0.1) is 17.1 Å². The highest BCUT2D eigenvalue weighted by Crippen LogP contribution is 2.49. The predicted octanol–water partition coefficient (Wildman–Crippen LogP) is 6.67. The van der Waals surface area contributed by atoms with Crippen molar-refractivity contribution in [2.24, 2.45) is 0 Å². The molecule has 0 unspecified atom stereocenters. The normalized spacial score (nSPS) is 16.1. The van der Waals surface area contributed by atoms with Crippen LogP contribution in [0.25, 0.3) is 0 Å². The molecule has 0 bridgehead atoms. The molecule has 1 aromatic heterocycles. The van der Waals surface area contributed by atoms with Crippen molar-refractivity contribution in [3.8, 4) is 0 Å². The quantitative estimate of drug-likeness (QED) is 0.398. The summed E-state index contributed by atoms with van der Waals surface area (Å²) < 4.78 is 2.24. The van der Waals surface area contributed by atoms with Gasteiger partial charge in [0.1, 0.15) is 5.82 Å². The Labute approximate surface area is 195 Å². The zero-order chi connectivity index (χ0) is 21.4. The second-order valence-electron chi connectivity index (χ2n) is 7.89. The molecule has 1 aliphatic carbocycles. The lowest BCUT2D eigenvalue weighted by Crippen LogP contribution is -2.30. The van der Waals surface area contributed by atoms with E-state index in [-0.39, 0.29) is 11.7 Å². The summed E-state index contributed by atoms with van der Waals surface area (Å²) in [5.41, 5.74) is 1.74. The summed E-state index contributed by atoms with van der Waals surface area (Å²) in [5, 5.41) is 10.2. The fourth-order valence-corrected chi connectivity index (χ4v) is 6.50. The summed E-state index contributed by atoms with van der Waals surface area (Å²) >= 11 is 9.42. The van der Waals surface area contributed by atoms with E-state index in [0.717, 1.165) is 45.0 Å². The molecule has 1 aliphatic heterocycles.